The molecule has 4 rings (SSSR count). The van der Waals surface area contributed by atoms with E-state index in [-0.39, 0.29) is 16.3 Å². The van der Waals surface area contributed by atoms with Crippen LogP contribution in [0, 0.1) is 5.82 Å². The molecule has 0 aliphatic rings. The monoisotopic (exact) mass is 429 g/mol. The molecule has 0 fully saturated rings. The van der Waals surface area contributed by atoms with Crippen molar-refractivity contribution in [3.05, 3.63) is 70.1 Å². The fourth-order valence-corrected chi connectivity index (χ4v) is 4.77. The van der Waals surface area contributed by atoms with Crippen molar-refractivity contribution in [2.45, 2.75) is 4.90 Å². The van der Waals surface area contributed by atoms with Gasteiger partial charge in [-0.2, -0.15) is 0 Å². The molecule has 0 bridgehead atoms. The summed E-state index contributed by atoms with van der Waals surface area (Å²) in [5.74, 6) is 0.00569. The Hall–Kier alpha value is -2.88. The van der Waals surface area contributed by atoms with Gasteiger partial charge >= 0.3 is 0 Å². The van der Waals surface area contributed by atoms with Crippen molar-refractivity contribution < 1.29 is 12.8 Å². The van der Waals surface area contributed by atoms with E-state index in [0.717, 1.165) is 9.87 Å². The van der Waals surface area contributed by atoms with Crippen molar-refractivity contribution in [3.8, 4) is 22.5 Å². The van der Waals surface area contributed by atoms with Crippen molar-refractivity contribution in [2.24, 2.45) is 0 Å². The van der Waals surface area contributed by atoms with Gasteiger partial charge in [-0.25, -0.2) is 22.1 Å². The highest BCUT2D eigenvalue weighted by Gasteiger charge is 2.18. The Labute approximate surface area is 170 Å². The normalized spacial score (nSPS) is 12.0. The first-order chi connectivity index (χ1) is 13.8. The minimum atomic E-state index is -3.53. The predicted molar refractivity (Wildman–Crippen MR) is 112 cm³/mol. The van der Waals surface area contributed by atoms with Crippen molar-refractivity contribution in [1.29, 1.82) is 0 Å². The van der Waals surface area contributed by atoms with E-state index in [0.29, 0.717) is 27.2 Å². The Bertz CT molecular complexity index is 1360. The van der Waals surface area contributed by atoms with E-state index < -0.39 is 10.0 Å². The average Bonchev–Trinajstić information content (AvgIpc) is 3.13. The molecule has 0 aliphatic carbocycles. The number of thiophene rings is 1. The number of H-pyrrole nitrogens is 1. The highest BCUT2D eigenvalue weighted by molar-refractivity contribution is 7.89. The third kappa shape index (κ3) is 3.48. The summed E-state index contributed by atoms with van der Waals surface area (Å²) in [6.45, 7) is 0. The van der Waals surface area contributed by atoms with Crippen LogP contribution < -0.4 is 5.56 Å². The van der Waals surface area contributed by atoms with Crippen LogP contribution in [-0.2, 0) is 10.0 Å². The second-order valence-electron chi connectivity index (χ2n) is 6.56. The molecule has 0 amide bonds. The summed E-state index contributed by atoms with van der Waals surface area (Å²) in [6, 6.07) is 12.1. The van der Waals surface area contributed by atoms with Crippen LogP contribution in [0.1, 0.15) is 0 Å². The number of nitrogens with zero attached hydrogens (tertiary/aromatic N) is 2. The number of nitrogens with one attached hydrogen (secondary N) is 1. The summed E-state index contributed by atoms with van der Waals surface area (Å²) >= 11 is 1.32. The molecular weight excluding hydrogens is 413 g/mol. The van der Waals surface area contributed by atoms with Crippen LogP contribution in [0.4, 0.5) is 4.39 Å². The molecular formula is C20H16FN3O3S2. The highest BCUT2D eigenvalue weighted by atomic mass is 32.2. The molecule has 2 heterocycles. The molecule has 6 nitrogen and oxygen atoms in total. The summed E-state index contributed by atoms with van der Waals surface area (Å²) in [5, 5.41) is 2.26. The predicted octanol–water partition coefficient (Wildman–Crippen LogP) is 3.71. The van der Waals surface area contributed by atoms with Crippen LogP contribution in [-0.4, -0.2) is 36.8 Å². The van der Waals surface area contributed by atoms with Gasteiger partial charge in [0.05, 0.1) is 10.3 Å². The quantitative estimate of drug-likeness (QED) is 0.536. The van der Waals surface area contributed by atoms with Crippen LogP contribution in [0.15, 0.2) is 63.6 Å². The SMILES string of the molecule is CN(C)S(=O)(=O)c1ccc(-c2nc3scc(-c4ccc(F)cc4)c3c(=O)[nH]2)cc1. The van der Waals surface area contributed by atoms with E-state index >= 15 is 0 Å². The van der Waals surface area contributed by atoms with Gasteiger partial charge in [-0.3, -0.25) is 4.79 Å². The average molecular weight is 429 g/mol. The maximum absolute atomic E-state index is 13.2. The van der Waals surface area contributed by atoms with Gasteiger partial charge in [0.25, 0.3) is 5.56 Å². The first-order valence-corrected chi connectivity index (χ1v) is 10.9. The van der Waals surface area contributed by atoms with Gasteiger partial charge < -0.3 is 4.98 Å². The van der Waals surface area contributed by atoms with Gasteiger partial charge in [-0.05, 0) is 42.0 Å². The van der Waals surface area contributed by atoms with E-state index in [1.54, 1.807) is 24.3 Å². The minimum absolute atomic E-state index is 0.157. The molecule has 9 heteroatoms. The number of hydrogen-bond acceptors (Lipinski definition) is 5. The second kappa shape index (κ2) is 7.18. The van der Waals surface area contributed by atoms with Crippen LogP contribution in [0.2, 0.25) is 0 Å². The lowest BCUT2D eigenvalue weighted by atomic mass is 10.1. The fourth-order valence-electron chi connectivity index (χ4n) is 2.92. The van der Waals surface area contributed by atoms with E-state index in [2.05, 4.69) is 9.97 Å². The van der Waals surface area contributed by atoms with Crippen LogP contribution >= 0.6 is 11.3 Å². The largest absolute Gasteiger partial charge is 0.306 e. The van der Waals surface area contributed by atoms with Crippen molar-refractivity contribution in [2.75, 3.05) is 14.1 Å². The first kappa shape index (κ1) is 19.4. The van der Waals surface area contributed by atoms with E-state index in [1.807, 2.05) is 5.38 Å². The molecule has 1 N–H and O–H groups in total. The van der Waals surface area contributed by atoms with Crippen molar-refractivity contribution >= 4 is 31.6 Å². The van der Waals surface area contributed by atoms with Gasteiger partial charge in [-0.1, -0.05) is 12.1 Å². The third-order valence-electron chi connectivity index (χ3n) is 4.51. The number of hydrogen-bond donors (Lipinski definition) is 1. The Morgan fingerprint density at radius 1 is 1.00 bits per heavy atom. The summed E-state index contributed by atoms with van der Waals surface area (Å²) < 4.78 is 38.7. The van der Waals surface area contributed by atoms with Gasteiger partial charge in [0.2, 0.25) is 10.0 Å². The number of benzene rings is 2. The van der Waals surface area contributed by atoms with Crippen LogP contribution in [0.25, 0.3) is 32.7 Å². The van der Waals surface area contributed by atoms with Gasteiger partial charge in [0.1, 0.15) is 16.5 Å². The molecule has 0 saturated heterocycles. The standard InChI is InChI=1S/C20H16FN3O3S2/c1-24(2)29(26,27)15-9-5-13(6-10-15)18-22-19(25)17-16(11-28-20(17)23-18)12-3-7-14(21)8-4-12/h3-11H,1-2H3,(H,22,23,25). The second-order valence-corrected chi connectivity index (χ2v) is 9.57. The molecule has 0 spiro atoms. The lowest BCUT2D eigenvalue weighted by Crippen LogP contribution is -2.22. The van der Waals surface area contributed by atoms with Gasteiger partial charge in [0, 0.05) is 30.6 Å². The molecule has 0 aliphatic heterocycles. The number of aromatic nitrogens is 2. The molecule has 0 saturated carbocycles. The zero-order chi connectivity index (χ0) is 20.8. The lowest BCUT2D eigenvalue weighted by molar-refractivity contribution is 0.521. The summed E-state index contributed by atoms with van der Waals surface area (Å²) in [7, 11) is -0.605. The number of rotatable bonds is 4. The number of sulfonamides is 1. The number of halogens is 1. The highest BCUT2D eigenvalue weighted by Crippen LogP contribution is 2.31. The molecule has 2 aromatic heterocycles. The van der Waals surface area contributed by atoms with Crippen LogP contribution in [0.5, 0.6) is 0 Å². The maximum Gasteiger partial charge on any atom is 0.260 e. The number of fused-ring (bicyclic) bond motifs is 1. The van der Waals surface area contributed by atoms with E-state index in [9.17, 15) is 17.6 Å². The van der Waals surface area contributed by atoms with E-state index in [4.69, 9.17) is 0 Å². The van der Waals surface area contributed by atoms with Crippen molar-refractivity contribution in [1.82, 2.24) is 14.3 Å². The Kier molecular flexibility index (Phi) is 4.81. The van der Waals surface area contributed by atoms with Crippen LogP contribution in [0.3, 0.4) is 0 Å². The Balaban J connectivity index is 1.77. The third-order valence-corrected chi connectivity index (χ3v) is 7.21. The summed E-state index contributed by atoms with van der Waals surface area (Å²) in [5.41, 5.74) is 1.71. The zero-order valence-electron chi connectivity index (χ0n) is 15.5. The molecule has 0 atom stereocenters. The smallest absolute Gasteiger partial charge is 0.260 e. The van der Waals surface area contributed by atoms with Gasteiger partial charge in [0.15, 0.2) is 0 Å². The molecule has 29 heavy (non-hydrogen) atoms. The Morgan fingerprint density at radius 2 is 1.62 bits per heavy atom. The lowest BCUT2D eigenvalue weighted by Gasteiger charge is -2.11. The van der Waals surface area contributed by atoms with Crippen molar-refractivity contribution in [3.63, 3.8) is 0 Å². The first-order valence-electron chi connectivity index (χ1n) is 8.58. The molecule has 4 aromatic rings. The minimum Gasteiger partial charge on any atom is -0.306 e. The van der Waals surface area contributed by atoms with E-state index in [1.165, 1.54) is 49.7 Å². The zero-order valence-corrected chi connectivity index (χ0v) is 17.1. The fraction of sp³-hybridized carbons (Fsp3) is 0.100. The molecule has 148 valence electrons. The Morgan fingerprint density at radius 3 is 2.24 bits per heavy atom. The molecule has 0 unspecified atom stereocenters. The molecule has 2 aromatic carbocycles. The summed E-state index contributed by atoms with van der Waals surface area (Å²) in [4.78, 5) is 20.7. The molecule has 0 radical (unpaired) electrons. The maximum atomic E-state index is 13.2. The van der Waals surface area contributed by atoms with Gasteiger partial charge in [-0.15, -0.1) is 11.3 Å². The number of aromatic amines is 1. The summed E-state index contributed by atoms with van der Waals surface area (Å²) in [6.07, 6.45) is 0. The topological polar surface area (TPSA) is 83.1 Å².